The third-order valence-corrected chi connectivity index (χ3v) is 6.43. The fraction of sp³-hybridized carbons (Fsp3) is 0.0333. The van der Waals surface area contributed by atoms with Crippen LogP contribution in [0.15, 0.2) is 78.9 Å². The standard InChI is InChI=1S/C30H18N4O/c1-17(35)31-27-14-9-20-7-10-22(33-30(20)34-27)11-12-23-16-25-24-13-8-19-4-2-3-18-5-6-21(15-26(25)32-23)29(24)28(18)19/h2-10,13-16,32H,1H3,(H,31,33,34,35). The highest BCUT2D eigenvalue weighted by Gasteiger charge is 2.12. The largest absolute Gasteiger partial charge is 0.348 e. The zero-order valence-corrected chi connectivity index (χ0v) is 18.8. The molecule has 4 aromatic carbocycles. The molecule has 0 bridgehead atoms. The van der Waals surface area contributed by atoms with Gasteiger partial charge in [-0.2, -0.15) is 0 Å². The summed E-state index contributed by atoms with van der Waals surface area (Å²) in [7, 11) is 0. The van der Waals surface area contributed by atoms with Crippen molar-refractivity contribution >= 4 is 66.0 Å². The number of carbonyl (C=O) groups is 1. The number of anilines is 1. The van der Waals surface area contributed by atoms with Gasteiger partial charge >= 0.3 is 0 Å². The van der Waals surface area contributed by atoms with E-state index in [1.54, 1.807) is 6.07 Å². The third kappa shape index (κ3) is 3.16. The van der Waals surface area contributed by atoms with E-state index in [1.165, 1.54) is 39.2 Å². The molecular formula is C30H18N4O. The Balaban J connectivity index is 1.34. The number of fused-ring (bicyclic) bond motifs is 3. The van der Waals surface area contributed by atoms with Crippen LogP contribution in [-0.4, -0.2) is 20.9 Å². The molecule has 5 nitrogen and oxygen atoms in total. The van der Waals surface area contributed by atoms with Crippen molar-refractivity contribution < 1.29 is 4.79 Å². The van der Waals surface area contributed by atoms with Crippen molar-refractivity contribution in [3.63, 3.8) is 0 Å². The molecule has 35 heavy (non-hydrogen) atoms. The highest BCUT2D eigenvalue weighted by Crippen LogP contribution is 2.38. The average Bonchev–Trinajstić information content (AvgIpc) is 3.28. The maximum Gasteiger partial charge on any atom is 0.222 e. The number of rotatable bonds is 1. The number of nitrogens with one attached hydrogen (secondary N) is 2. The molecule has 0 saturated carbocycles. The van der Waals surface area contributed by atoms with Gasteiger partial charge in [0.1, 0.15) is 11.5 Å². The van der Waals surface area contributed by atoms with Gasteiger partial charge in [-0.25, -0.2) is 9.97 Å². The Hall–Kier alpha value is -4.95. The highest BCUT2D eigenvalue weighted by molar-refractivity contribution is 6.28. The molecule has 3 heterocycles. The topological polar surface area (TPSA) is 70.7 Å². The van der Waals surface area contributed by atoms with E-state index in [1.807, 2.05) is 18.2 Å². The maximum absolute atomic E-state index is 11.3. The van der Waals surface area contributed by atoms with Gasteiger partial charge in [0.2, 0.25) is 5.91 Å². The van der Waals surface area contributed by atoms with Crippen molar-refractivity contribution in [2.24, 2.45) is 0 Å². The summed E-state index contributed by atoms with van der Waals surface area (Å²) < 4.78 is 0. The van der Waals surface area contributed by atoms with Crippen molar-refractivity contribution in [3.8, 4) is 11.8 Å². The first-order valence-corrected chi connectivity index (χ1v) is 11.4. The molecule has 0 radical (unpaired) electrons. The molecule has 7 rings (SSSR count). The van der Waals surface area contributed by atoms with Gasteiger partial charge < -0.3 is 10.3 Å². The smallest absolute Gasteiger partial charge is 0.222 e. The van der Waals surface area contributed by atoms with Crippen LogP contribution in [-0.2, 0) is 4.79 Å². The monoisotopic (exact) mass is 450 g/mol. The summed E-state index contributed by atoms with van der Waals surface area (Å²) in [6.45, 7) is 1.45. The molecule has 7 aromatic rings. The van der Waals surface area contributed by atoms with Gasteiger partial charge in [0.15, 0.2) is 5.65 Å². The SMILES string of the molecule is CC(=O)Nc1ccc2ccc(C#Cc3cc4c(cc5ccc6cccc7ccc4c5c67)[nH]3)nc2n1. The lowest BCUT2D eigenvalue weighted by Gasteiger charge is -2.11. The van der Waals surface area contributed by atoms with E-state index in [0.29, 0.717) is 17.2 Å². The van der Waals surface area contributed by atoms with Gasteiger partial charge in [-0.1, -0.05) is 42.5 Å². The highest BCUT2D eigenvalue weighted by atomic mass is 16.1. The zero-order chi connectivity index (χ0) is 23.5. The van der Waals surface area contributed by atoms with Gasteiger partial charge in [0, 0.05) is 23.2 Å². The molecule has 2 N–H and O–H groups in total. The van der Waals surface area contributed by atoms with Crippen LogP contribution in [0.2, 0.25) is 0 Å². The van der Waals surface area contributed by atoms with Crippen LogP contribution in [0.5, 0.6) is 0 Å². The number of aromatic amines is 1. The van der Waals surface area contributed by atoms with Crippen molar-refractivity contribution in [1.82, 2.24) is 15.0 Å². The van der Waals surface area contributed by atoms with Crippen LogP contribution in [0, 0.1) is 11.8 Å². The average molecular weight is 451 g/mol. The second-order valence-corrected chi connectivity index (χ2v) is 8.75. The van der Waals surface area contributed by atoms with Gasteiger partial charge in [0.25, 0.3) is 0 Å². The molecule has 0 saturated heterocycles. The molecule has 0 aliphatic carbocycles. The summed E-state index contributed by atoms with van der Waals surface area (Å²) in [5.74, 6) is 6.69. The molecule has 0 unspecified atom stereocenters. The molecule has 0 atom stereocenters. The van der Waals surface area contributed by atoms with Crippen LogP contribution >= 0.6 is 0 Å². The van der Waals surface area contributed by atoms with Gasteiger partial charge in [-0.3, -0.25) is 4.79 Å². The van der Waals surface area contributed by atoms with E-state index in [2.05, 4.69) is 86.7 Å². The van der Waals surface area contributed by atoms with E-state index in [0.717, 1.165) is 22.0 Å². The van der Waals surface area contributed by atoms with Crippen LogP contribution in [0.3, 0.4) is 0 Å². The van der Waals surface area contributed by atoms with Crippen molar-refractivity contribution in [1.29, 1.82) is 0 Å². The molecule has 3 aromatic heterocycles. The van der Waals surface area contributed by atoms with E-state index < -0.39 is 0 Å². The summed E-state index contributed by atoms with van der Waals surface area (Å²) in [6, 6.07) is 27.0. The predicted molar refractivity (Wildman–Crippen MR) is 142 cm³/mol. The Morgan fingerprint density at radius 3 is 2.40 bits per heavy atom. The Morgan fingerprint density at radius 2 is 1.54 bits per heavy atom. The summed E-state index contributed by atoms with van der Waals surface area (Å²) in [4.78, 5) is 23.8. The molecule has 0 aliphatic heterocycles. The lowest BCUT2D eigenvalue weighted by Crippen LogP contribution is -2.07. The lowest BCUT2D eigenvalue weighted by molar-refractivity contribution is -0.114. The summed E-state index contributed by atoms with van der Waals surface area (Å²) in [5, 5.41) is 12.3. The molecular weight excluding hydrogens is 432 g/mol. The van der Waals surface area contributed by atoms with Gasteiger partial charge in [-0.05, 0) is 80.6 Å². The second kappa shape index (κ2) is 7.28. The quantitative estimate of drug-likeness (QED) is 0.226. The fourth-order valence-corrected chi connectivity index (χ4v) is 4.93. The Morgan fingerprint density at radius 1 is 0.771 bits per heavy atom. The maximum atomic E-state index is 11.3. The van der Waals surface area contributed by atoms with E-state index in [4.69, 9.17) is 0 Å². The summed E-state index contributed by atoms with van der Waals surface area (Å²) >= 11 is 0. The van der Waals surface area contributed by atoms with Crippen LogP contribution in [0.25, 0.3) is 54.3 Å². The minimum Gasteiger partial charge on any atom is -0.348 e. The summed E-state index contributed by atoms with van der Waals surface area (Å²) in [5.41, 5.74) is 3.05. The fourth-order valence-electron chi connectivity index (χ4n) is 4.93. The van der Waals surface area contributed by atoms with E-state index in [9.17, 15) is 4.79 Å². The molecule has 0 spiro atoms. The van der Waals surface area contributed by atoms with E-state index in [-0.39, 0.29) is 5.91 Å². The van der Waals surface area contributed by atoms with Crippen LogP contribution in [0.1, 0.15) is 18.3 Å². The van der Waals surface area contributed by atoms with Gasteiger partial charge in [-0.15, -0.1) is 0 Å². The number of carbonyl (C=O) groups excluding carboxylic acids is 1. The molecule has 0 fully saturated rings. The number of pyridine rings is 2. The Labute approximate surface area is 200 Å². The molecule has 0 aliphatic rings. The van der Waals surface area contributed by atoms with E-state index >= 15 is 0 Å². The normalized spacial score (nSPS) is 11.5. The first-order chi connectivity index (χ1) is 17.1. The number of aromatic nitrogens is 3. The lowest BCUT2D eigenvalue weighted by atomic mass is 9.93. The molecule has 164 valence electrons. The number of H-pyrrole nitrogens is 1. The Bertz CT molecular complexity index is 2010. The zero-order valence-electron chi connectivity index (χ0n) is 18.8. The van der Waals surface area contributed by atoms with Crippen molar-refractivity contribution in [2.75, 3.05) is 5.32 Å². The molecule has 5 heteroatoms. The molecule has 1 amide bonds. The number of hydrogen-bond donors (Lipinski definition) is 2. The third-order valence-electron chi connectivity index (χ3n) is 6.43. The summed E-state index contributed by atoms with van der Waals surface area (Å²) in [6.07, 6.45) is 0. The predicted octanol–water partition coefficient (Wildman–Crippen LogP) is 6.37. The van der Waals surface area contributed by atoms with Crippen molar-refractivity contribution in [2.45, 2.75) is 6.92 Å². The number of amides is 1. The first kappa shape index (κ1) is 19.5. The second-order valence-electron chi connectivity index (χ2n) is 8.75. The number of hydrogen-bond acceptors (Lipinski definition) is 3. The van der Waals surface area contributed by atoms with Crippen LogP contribution in [0.4, 0.5) is 5.82 Å². The Kier molecular flexibility index (Phi) is 4.06. The number of benzene rings is 4. The first-order valence-electron chi connectivity index (χ1n) is 11.4. The van der Waals surface area contributed by atoms with Crippen molar-refractivity contribution in [3.05, 3.63) is 90.3 Å². The number of nitrogens with zero attached hydrogens (tertiary/aromatic N) is 2. The minimum atomic E-state index is -0.169. The van der Waals surface area contributed by atoms with Gasteiger partial charge in [0.05, 0.1) is 5.69 Å². The minimum absolute atomic E-state index is 0.169. The van der Waals surface area contributed by atoms with Crippen LogP contribution < -0.4 is 5.32 Å².